The molecule has 1 heterocycles. The van der Waals surface area contributed by atoms with Gasteiger partial charge in [0.05, 0.1) is 0 Å². The van der Waals surface area contributed by atoms with Crippen LogP contribution < -0.4 is 4.74 Å². The predicted molar refractivity (Wildman–Crippen MR) is 58.5 cm³/mol. The molecule has 1 atom stereocenters. The normalized spacial score (nSPS) is 20.3. The van der Waals surface area contributed by atoms with Gasteiger partial charge in [-0.3, -0.25) is 0 Å². The zero-order chi connectivity index (χ0) is 8.55. The molecule has 2 rings (SSSR count). The molecular weight excluding hydrogens is 286 g/mol. The first-order valence-electron chi connectivity index (χ1n) is 3.80. The van der Waals surface area contributed by atoms with Crippen LogP contribution in [0.3, 0.4) is 0 Å². The first-order chi connectivity index (χ1) is 5.79. The van der Waals surface area contributed by atoms with Gasteiger partial charge in [-0.15, -0.1) is 0 Å². The molecule has 1 aliphatic rings. The Morgan fingerprint density at radius 3 is 3.17 bits per heavy atom. The smallest absolute Gasteiger partial charge is 0.123 e. The fraction of sp³-hybridized carbons (Fsp3) is 0.333. The van der Waals surface area contributed by atoms with Crippen LogP contribution >= 0.6 is 34.2 Å². The van der Waals surface area contributed by atoms with Crippen molar-refractivity contribution in [2.24, 2.45) is 0 Å². The Morgan fingerprint density at radius 2 is 2.42 bits per heavy atom. The average Bonchev–Trinajstić information content (AvgIpc) is 2.46. The van der Waals surface area contributed by atoms with Crippen LogP contribution in [0, 0.1) is 0 Å². The van der Waals surface area contributed by atoms with Crippen molar-refractivity contribution in [1.29, 1.82) is 0 Å². The number of rotatable bonds is 1. The third-order valence-electron chi connectivity index (χ3n) is 1.94. The Hall–Kier alpha value is 0.0400. The van der Waals surface area contributed by atoms with Gasteiger partial charge in [-0.2, -0.15) is 0 Å². The summed E-state index contributed by atoms with van der Waals surface area (Å²) in [4.78, 5) is 0. The van der Waals surface area contributed by atoms with Crippen molar-refractivity contribution in [3.05, 3.63) is 28.8 Å². The van der Waals surface area contributed by atoms with Crippen molar-refractivity contribution in [2.75, 3.05) is 4.43 Å². The minimum atomic E-state index is 0.346. The predicted octanol–water partition coefficient (Wildman–Crippen LogP) is 3.08. The molecule has 1 aromatic carbocycles. The Labute approximate surface area is 90.2 Å². The minimum absolute atomic E-state index is 0.346. The highest BCUT2D eigenvalue weighted by atomic mass is 127. The molecule has 12 heavy (non-hydrogen) atoms. The van der Waals surface area contributed by atoms with Gasteiger partial charge in [0.2, 0.25) is 0 Å². The second-order valence-corrected chi connectivity index (χ2v) is 4.17. The van der Waals surface area contributed by atoms with E-state index in [1.54, 1.807) is 0 Å². The van der Waals surface area contributed by atoms with Gasteiger partial charge in [-0.1, -0.05) is 34.2 Å². The summed E-state index contributed by atoms with van der Waals surface area (Å²) in [6.45, 7) is 0. The van der Waals surface area contributed by atoms with E-state index in [1.807, 2.05) is 18.2 Å². The van der Waals surface area contributed by atoms with Gasteiger partial charge in [0.15, 0.2) is 0 Å². The van der Waals surface area contributed by atoms with E-state index >= 15 is 0 Å². The summed E-state index contributed by atoms with van der Waals surface area (Å²) in [5, 5.41) is 0.798. The van der Waals surface area contributed by atoms with E-state index < -0.39 is 0 Å². The molecule has 1 nitrogen and oxygen atoms in total. The second kappa shape index (κ2) is 3.42. The highest BCUT2D eigenvalue weighted by molar-refractivity contribution is 14.1. The van der Waals surface area contributed by atoms with Crippen molar-refractivity contribution in [1.82, 2.24) is 0 Å². The molecule has 1 aromatic rings. The van der Waals surface area contributed by atoms with Gasteiger partial charge < -0.3 is 4.74 Å². The first kappa shape index (κ1) is 8.63. The van der Waals surface area contributed by atoms with E-state index in [-0.39, 0.29) is 0 Å². The average molecular weight is 295 g/mol. The number of ether oxygens (including phenoxy) is 1. The van der Waals surface area contributed by atoms with E-state index in [4.69, 9.17) is 16.3 Å². The van der Waals surface area contributed by atoms with Crippen LogP contribution in [0.5, 0.6) is 5.75 Å². The second-order valence-electron chi connectivity index (χ2n) is 2.85. The molecule has 0 bridgehead atoms. The van der Waals surface area contributed by atoms with E-state index in [9.17, 15) is 0 Å². The molecule has 0 fully saturated rings. The van der Waals surface area contributed by atoms with Crippen LogP contribution in [0.4, 0.5) is 0 Å². The number of alkyl halides is 1. The Kier molecular flexibility index (Phi) is 2.46. The van der Waals surface area contributed by atoms with Crippen molar-refractivity contribution >= 4 is 34.2 Å². The molecular formula is C9H8ClIO. The SMILES string of the molecule is Clc1ccc2c(c1)C[C@@H](CI)O2. The monoisotopic (exact) mass is 294 g/mol. The van der Waals surface area contributed by atoms with Gasteiger partial charge in [0.1, 0.15) is 11.9 Å². The van der Waals surface area contributed by atoms with Crippen molar-refractivity contribution in [2.45, 2.75) is 12.5 Å². The third kappa shape index (κ3) is 1.55. The van der Waals surface area contributed by atoms with Crippen LogP contribution in [0.15, 0.2) is 18.2 Å². The summed E-state index contributed by atoms with van der Waals surface area (Å²) >= 11 is 8.20. The molecule has 3 heteroatoms. The first-order valence-corrected chi connectivity index (χ1v) is 5.71. The molecule has 64 valence electrons. The highest BCUT2D eigenvalue weighted by Gasteiger charge is 2.21. The molecule has 1 aliphatic heterocycles. The summed E-state index contributed by atoms with van der Waals surface area (Å²) < 4.78 is 6.68. The zero-order valence-corrected chi connectivity index (χ0v) is 9.30. The van der Waals surface area contributed by atoms with E-state index in [2.05, 4.69) is 22.6 Å². The molecule has 0 saturated carbocycles. The maximum atomic E-state index is 5.86. The lowest BCUT2D eigenvalue weighted by atomic mass is 10.1. The lowest BCUT2D eigenvalue weighted by Gasteiger charge is -2.04. The molecule has 0 spiro atoms. The third-order valence-corrected chi connectivity index (χ3v) is 3.15. The summed E-state index contributed by atoms with van der Waals surface area (Å²) in [5.74, 6) is 1.00. The maximum absolute atomic E-state index is 5.86. The molecule has 0 amide bonds. The number of hydrogen-bond acceptors (Lipinski definition) is 1. The summed E-state index contributed by atoms with van der Waals surface area (Å²) in [6.07, 6.45) is 1.35. The van der Waals surface area contributed by atoms with E-state index in [0.717, 1.165) is 21.6 Å². The quantitative estimate of drug-likeness (QED) is 0.571. The minimum Gasteiger partial charge on any atom is -0.489 e. The highest BCUT2D eigenvalue weighted by Crippen LogP contribution is 2.31. The Morgan fingerprint density at radius 1 is 1.58 bits per heavy atom. The van der Waals surface area contributed by atoms with Gasteiger partial charge in [0.25, 0.3) is 0 Å². The Balaban J connectivity index is 2.30. The summed E-state index contributed by atoms with van der Waals surface area (Å²) in [7, 11) is 0. The molecule has 0 unspecified atom stereocenters. The van der Waals surface area contributed by atoms with Crippen molar-refractivity contribution < 1.29 is 4.74 Å². The van der Waals surface area contributed by atoms with Gasteiger partial charge in [0, 0.05) is 15.9 Å². The Bertz CT molecular complexity index is 301. The van der Waals surface area contributed by atoms with E-state index in [0.29, 0.717) is 6.10 Å². The van der Waals surface area contributed by atoms with Crippen LogP contribution in [0.2, 0.25) is 5.02 Å². The molecule has 0 N–H and O–H groups in total. The number of halogens is 2. The van der Waals surface area contributed by atoms with Crippen molar-refractivity contribution in [3.63, 3.8) is 0 Å². The zero-order valence-electron chi connectivity index (χ0n) is 6.39. The molecule has 0 aliphatic carbocycles. The lowest BCUT2D eigenvalue weighted by molar-refractivity contribution is 0.262. The number of benzene rings is 1. The fourth-order valence-electron chi connectivity index (χ4n) is 1.38. The van der Waals surface area contributed by atoms with Gasteiger partial charge in [-0.05, 0) is 23.8 Å². The summed E-state index contributed by atoms with van der Waals surface area (Å²) in [5.41, 5.74) is 1.24. The molecule has 0 aromatic heterocycles. The molecule has 0 saturated heterocycles. The fourth-order valence-corrected chi connectivity index (χ4v) is 2.06. The number of fused-ring (bicyclic) bond motifs is 1. The van der Waals surface area contributed by atoms with Crippen molar-refractivity contribution in [3.8, 4) is 5.75 Å². The molecule has 0 radical (unpaired) electrons. The van der Waals surface area contributed by atoms with Crippen LogP contribution in [-0.2, 0) is 6.42 Å². The van der Waals surface area contributed by atoms with Gasteiger partial charge in [-0.25, -0.2) is 0 Å². The summed E-state index contributed by atoms with van der Waals surface area (Å²) in [6, 6.07) is 5.81. The van der Waals surface area contributed by atoms with Crippen LogP contribution in [-0.4, -0.2) is 10.5 Å². The van der Waals surface area contributed by atoms with E-state index in [1.165, 1.54) is 5.56 Å². The maximum Gasteiger partial charge on any atom is 0.123 e. The topological polar surface area (TPSA) is 9.23 Å². The van der Waals surface area contributed by atoms with Crippen LogP contribution in [0.1, 0.15) is 5.56 Å². The largest absolute Gasteiger partial charge is 0.489 e. The van der Waals surface area contributed by atoms with Gasteiger partial charge >= 0.3 is 0 Å². The number of hydrogen-bond donors (Lipinski definition) is 0. The standard InChI is InChI=1S/C9H8ClIO/c10-7-1-2-9-6(3-7)4-8(5-11)12-9/h1-3,8H,4-5H2/t8-/m0/s1. The lowest BCUT2D eigenvalue weighted by Crippen LogP contribution is -2.13. The van der Waals surface area contributed by atoms with Crippen LogP contribution in [0.25, 0.3) is 0 Å².